The van der Waals surface area contributed by atoms with Crippen molar-refractivity contribution < 1.29 is 0 Å². The van der Waals surface area contributed by atoms with Crippen molar-refractivity contribution in [2.45, 2.75) is 24.5 Å². The van der Waals surface area contributed by atoms with E-state index in [2.05, 4.69) is 21.9 Å². The van der Waals surface area contributed by atoms with E-state index in [-0.39, 0.29) is 4.75 Å². The number of nitrogens with one attached hydrogen (secondary N) is 1. The van der Waals surface area contributed by atoms with Crippen LogP contribution in [-0.4, -0.2) is 20.7 Å². The van der Waals surface area contributed by atoms with Crippen molar-refractivity contribution >= 4 is 28.7 Å². The Kier molecular flexibility index (Phi) is 2.10. The molecule has 1 unspecified atom stereocenters. The number of H-pyrrole nitrogens is 1. The summed E-state index contributed by atoms with van der Waals surface area (Å²) < 4.78 is 0.120. The van der Waals surface area contributed by atoms with Crippen LogP contribution < -0.4 is 5.73 Å². The predicted molar refractivity (Wildman–Crippen MR) is 67.3 cm³/mol. The van der Waals surface area contributed by atoms with Crippen LogP contribution in [-0.2, 0) is 4.75 Å². The lowest BCUT2D eigenvalue weighted by Crippen LogP contribution is -2.14. The number of hydrogen-bond acceptors (Lipinski definition) is 4. The van der Waals surface area contributed by atoms with Gasteiger partial charge in [-0.15, -0.1) is 11.8 Å². The zero-order chi connectivity index (χ0) is 11.2. The molecule has 2 aromatic heterocycles. The van der Waals surface area contributed by atoms with Gasteiger partial charge in [-0.05, 0) is 37.7 Å². The monoisotopic (exact) mass is 234 g/mol. The van der Waals surface area contributed by atoms with E-state index in [1.165, 1.54) is 18.6 Å². The van der Waals surface area contributed by atoms with Crippen LogP contribution in [0.4, 0.5) is 5.82 Å². The van der Waals surface area contributed by atoms with Crippen LogP contribution >= 0.6 is 11.8 Å². The molecule has 1 saturated heterocycles. The summed E-state index contributed by atoms with van der Waals surface area (Å²) in [5.41, 5.74) is 7.35. The molecule has 0 aromatic carbocycles. The molecule has 1 fully saturated rings. The number of nitrogens with zero attached hydrogens (tertiary/aromatic N) is 2. The van der Waals surface area contributed by atoms with E-state index < -0.39 is 0 Å². The molecular formula is C11H14N4S. The molecule has 3 rings (SSSR count). The summed E-state index contributed by atoms with van der Waals surface area (Å²) in [5, 5.41) is 0. The van der Waals surface area contributed by atoms with Gasteiger partial charge in [-0.1, -0.05) is 0 Å². The Morgan fingerprint density at radius 3 is 3.06 bits per heavy atom. The number of aromatic amines is 1. The van der Waals surface area contributed by atoms with Crippen LogP contribution in [0.15, 0.2) is 12.1 Å². The summed E-state index contributed by atoms with van der Waals surface area (Å²) >= 11 is 1.96. The first-order chi connectivity index (χ1) is 7.67. The second-order valence-corrected chi connectivity index (χ2v) is 5.97. The SMILES string of the molecule is CC1(c2nc3nc(N)ccc3[nH]2)CCCS1. The zero-order valence-electron chi connectivity index (χ0n) is 9.16. The Bertz CT molecular complexity index is 528. The number of hydrogen-bond donors (Lipinski definition) is 2. The van der Waals surface area contributed by atoms with Crippen LogP contribution in [0.25, 0.3) is 11.2 Å². The molecule has 16 heavy (non-hydrogen) atoms. The van der Waals surface area contributed by atoms with Crippen LogP contribution in [0.3, 0.4) is 0 Å². The first-order valence-electron chi connectivity index (χ1n) is 5.44. The molecule has 84 valence electrons. The van der Waals surface area contributed by atoms with Crippen molar-refractivity contribution in [2.75, 3.05) is 11.5 Å². The Morgan fingerprint density at radius 1 is 1.44 bits per heavy atom. The molecule has 0 saturated carbocycles. The largest absolute Gasteiger partial charge is 0.384 e. The molecule has 3 N–H and O–H groups in total. The third kappa shape index (κ3) is 1.46. The lowest BCUT2D eigenvalue weighted by atomic mass is 10.1. The normalized spacial score (nSPS) is 25.3. The van der Waals surface area contributed by atoms with E-state index in [0.717, 1.165) is 17.0 Å². The zero-order valence-corrected chi connectivity index (χ0v) is 9.97. The Balaban J connectivity index is 2.11. The number of thioether (sulfide) groups is 1. The number of rotatable bonds is 1. The first kappa shape index (κ1) is 9.96. The smallest absolute Gasteiger partial charge is 0.179 e. The van der Waals surface area contributed by atoms with Crippen LogP contribution in [0.1, 0.15) is 25.6 Å². The maximum absolute atomic E-state index is 5.65. The van der Waals surface area contributed by atoms with Gasteiger partial charge in [-0.25, -0.2) is 9.97 Å². The molecule has 0 amide bonds. The summed E-state index contributed by atoms with van der Waals surface area (Å²) in [5.74, 6) is 2.77. The maximum atomic E-state index is 5.65. The third-order valence-electron chi connectivity index (χ3n) is 3.09. The second kappa shape index (κ2) is 3.38. The third-order valence-corrected chi connectivity index (χ3v) is 4.61. The van der Waals surface area contributed by atoms with Crippen molar-refractivity contribution in [3.8, 4) is 0 Å². The fourth-order valence-electron chi connectivity index (χ4n) is 2.12. The van der Waals surface area contributed by atoms with Gasteiger partial charge in [-0.2, -0.15) is 0 Å². The molecule has 0 bridgehead atoms. The number of anilines is 1. The van der Waals surface area contributed by atoms with Crippen LogP contribution in [0, 0.1) is 0 Å². The highest BCUT2D eigenvalue weighted by molar-refractivity contribution is 8.00. The van der Waals surface area contributed by atoms with Gasteiger partial charge in [0.05, 0.1) is 10.3 Å². The van der Waals surface area contributed by atoms with Crippen molar-refractivity contribution in [2.24, 2.45) is 0 Å². The number of pyridine rings is 1. The Morgan fingerprint density at radius 2 is 2.31 bits per heavy atom. The van der Waals surface area contributed by atoms with Crippen molar-refractivity contribution in [1.29, 1.82) is 0 Å². The summed E-state index contributed by atoms with van der Waals surface area (Å²) in [6.45, 7) is 2.24. The molecule has 0 spiro atoms. The van der Waals surface area contributed by atoms with Gasteiger partial charge in [0.1, 0.15) is 11.6 Å². The standard InChI is InChI=1S/C11H14N4S/c1-11(5-2-6-16-11)10-13-7-3-4-8(12)14-9(7)15-10/h3-4H,2,5-6H2,1H3,(H3,12,13,14,15). The number of fused-ring (bicyclic) bond motifs is 1. The maximum Gasteiger partial charge on any atom is 0.179 e. The lowest BCUT2D eigenvalue weighted by Gasteiger charge is -2.18. The molecule has 0 radical (unpaired) electrons. The van der Waals surface area contributed by atoms with Gasteiger partial charge < -0.3 is 10.7 Å². The molecule has 4 nitrogen and oxygen atoms in total. The van der Waals surface area contributed by atoms with Crippen molar-refractivity contribution in [3.05, 3.63) is 18.0 Å². The molecule has 0 aliphatic carbocycles. The van der Waals surface area contributed by atoms with Crippen molar-refractivity contribution in [3.63, 3.8) is 0 Å². The Hall–Kier alpha value is -1.23. The molecule has 5 heteroatoms. The van der Waals surface area contributed by atoms with Gasteiger partial charge in [0.15, 0.2) is 5.65 Å². The number of aromatic nitrogens is 3. The van der Waals surface area contributed by atoms with E-state index in [1.54, 1.807) is 6.07 Å². The average molecular weight is 234 g/mol. The van der Waals surface area contributed by atoms with Crippen molar-refractivity contribution in [1.82, 2.24) is 15.0 Å². The van der Waals surface area contributed by atoms with Gasteiger partial charge in [0, 0.05) is 0 Å². The quantitative estimate of drug-likeness (QED) is 0.794. The predicted octanol–water partition coefficient (Wildman–Crippen LogP) is 2.28. The molecular weight excluding hydrogens is 220 g/mol. The molecule has 1 aliphatic heterocycles. The summed E-state index contributed by atoms with van der Waals surface area (Å²) in [6, 6.07) is 3.74. The molecule has 1 atom stereocenters. The minimum Gasteiger partial charge on any atom is -0.384 e. The fraction of sp³-hybridized carbons (Fsp3) is 0.455. The minimum atomic E-state index is 0.120. The van der Waals surface area contributed by atoms with Crippen LogP contribution in [0.5, 0.6) is 0 Å². The highest BCUT2D eigenvalue weighted by Gasteiger charge is 2.34. The molecule has 1 aliphatic rings. The fourth-order valence-corrected chi connectivity index (χ4v) is 3.38. The van der Waals surface area contributed by atoms with Gasteiger partial charge in [0.25, 0.3) is 0 Å². The van der Waals surface area contributed by atoms with E-state index in [0.29, 0.717) is 5.82 Å². The topological polar surface area (TPSA) is 67.6 Å². The van der Waals surface area contributed by atoms with Gasteiger partial charge in [0.2, 0.25) is 0 Å². The van der Waals surface area contributed by atoms with E-state index in [9.17, 15) is 0 Å². The molecule has 2 aromatic rings. The van der Waals surface area contributed by atoms with E-state index in [4.69, 9.17) is 5.73 Å². The van der Waals surface area contributed by atoms with Gasteiger partial charge >= 0.3 is 0 Å². The Labute approximate surface area is 98.0 Å². The number of nitrogen functional groups attached to an aromatic ring is 1. The number of imidazole rings is 1. The summed E-state index contributed by atoms with van der Waals surface area (Å²) in [7, 11) is 0. The lowest BCUT2D eigenvalue weighted by molar-refractivity contribution is 0.614. The summed E-state index contributed by atoms with van der Waals surface area (Å²) in [6.07, 6.45) is 2.43. The number of nitrogens with two attached hydrogens (primary N) is 1. The van der Waals surface area contributed by atoms with Crippen LogP contribution in [0.2, 0.25) is 0 Å². The second-order valence-electron chi connectivity index (χ2n) is 4.38. The van der Waals surface area contributed by atoms with Gasteiger partial charge in [-0.3, -0.25) is 0 Å². The highest BCUT2D eigenvalue weighted by Crippen LogP contribution is 2.45. The summed E-state index contributed by atoms with van der Waals surface area (Å²) in [4.78, 5) is 12.1. The molecule has 3 heterocycles. The minimum absolute atomic E-state index is 0.120. The van der Waals surface area contributed by atoms with E-state index >= 15 is 0 Å². The van der Waals surface area contributed by atoms with E-state index in [1.807, 2.05) is 17.8 Å². The highest BCUT2D eigenvalue weighted by atomic mass is 32.2. The first-order valence-corrected chi connectivity index (χ1v) is 6.43. The average Bonchev–Trinajstić information content (AvgIpc) is 2.84.